The van der Waals surface area contributed by atoms with E-state index in [1.54, 1.807) is 6.20 Å². The number of aromatic carboxylic acids is 1. The van der Waals surface area contributed by atoms with Crippen LogP contribution in [0.3, 0.4) is 0 Å². The maximum absolute atomic E-state index is 13.6. The molecule has 1 aliphatic heterocycles. The molecule has 3 aromatic heterocycles. The van der Waals surface area contributed by atoms with Crippen molar-refractivity contribution in [1.29, 1.82) is 0 Å². The molecule has 3 aliphatic rings. The first-order valence-electron chi connectivity index (χ1n) is 21.3. The number of likely N-dealkylation sites (N-methyl/N-ethyl adjacent to an activating group) is 1. The summed E-state index contributed by atoms with van der Waals surface area (Å²) >= 11 is 1.44. The third kappa shape index (κ3) is 9.13. The molecule has 14 heteroatoms. The lowest BCUT2D eigenvalue weighted by atomic mass is 9.54. The van der Waals surface area contributed by atoms with Gasteiger partial charge in [-0.1, -0.05) is 49.4 Å². The molecule has 2 saturated carbocycles. The number of nitrogens with zero attached hydrogens (tertiary/aromatic N) is 5. The minimum Gasteiger partial charge on any atom is -0.476 e. The highest BCUT2D eigenvalue weighted by Crippen LogP contribution is 2.57. The summed E-state index contributed by atoms with van der Waals surface area (Å²) in [5.41, 5.74) is 5.44. The average molecular weight is 836 g/mol. The summed E-state index contributed by atoms with van der Waals surface area (Å²) in [6, 6.07) is 17.4. The van der Waals surface area contributed by atoms with Crippen molar-refractivity contribution in [3.63, 3.8) is 0 Å². The molecule has 0 saturated heterocycles. The number of nitrogens with one attached hydrogen (secondary N) is 2. The fourth-order valence-corrected chi connectivity index (χ4v) is 11.3. The molecule has 2 aliphatic carbocycles. The smallest absolute Gasteiger partial charge is 0.355 e. The van der Waals surface area contributed by atoms with Crippen LogP contribution in [0.15, 0.2) is 60.8 Å². The highest BCUT2D eigenvalue weighted by molar-refractivity contribution is 7.22. The zero-order valence-corrected chi connectivity index (χ0v) is 36.0. The Morgan fingerprint density at radius 3 is 2.45 bits per heavy atom. The summed E-state index contributed by atoms with van der Waals surface area (Å²) < 4.78 is 21.3. The van der Waals surface area contributed by atoms with E-state index in [4.69, 9.17) is 24.3 Å². The summed E-state index contributed by atoms with van der Waals surface area (Å²) in [5.74, 6) is 0.244. The molecule has 2 aromatic carbocycles. The number of para-hydroxylation sites is 1. The van der Waals surface area contributed by atoms with E-state index in [0.717, 1.165) is 77.8 Å². The number of carbonyl (C=O) groups is 2. The molecule has 60 heavy (non-hydrogen) atoms. The van der Waals surface area contributed by atoms with Gasteiger partial charge in [0.1, 0.15) is 5.82 Å². The van der Waals surface area contributed by atoms with E-state index in [-0.39, 0.29) is 22.6 Å². The average Bonchev–Trinajstić information content (AvgIpc) is 3.80. The maximum atomic E-state index is 13.6. The van der Waals surface area contributed by atoms with Gasteiger partial charge in [-0.25, -0.2) is 14.8 Å². The Labute approximate surface area is 355 Å². The van der Waals surface area contributed by atoms with Crippen molar-refractivity contribution in [2.24, 2.45) is 17.3 Å². The Morgan fingerprint density at radius 2 is 1.68 bits per heavy atom. The summed E-state index contributed by atoms with van der Waals surface area (Å²) in [6.45, 7) is 12.3. The third-order valence-corrected chi connectivity index (χ3v) is 13.5. The SMILES string of the molecule is CNCCOCCOCCOC12CC(C)CC(Cn3ncc(-c4ccc(N5CCc6cccc(C(=O)Nc7nc8ccccc8s7)c6C5)nc4C(=O)O)c3C)(CC(C)C1)C2. The normalized spacial score (nSPS) is 22.5. The number of benzene rings is 2. The van der Waals surface area contributed by atoms with Crippen LogP contribution in [0.5, 0.6) is 0 Å². The molecule has 0 radical (unpaired) electrons. The van der Waals surface area contributed by atoms with E-state index in [1.807, 2.05) is 62.5 Å². The van der Waals surface area contributed by atoms with Gasteiger partial charge in [0.15, 0.2) is 10.8 Å². The summed E-state index contributed by atoms with van der Waals surface area (Å²) in [5, 5.41) is 22.1. The second-order valence-corrected chi connectivity index (χ2v) is 18.3. The molecule has 318 valence electrons. The second-order valence-electron chi connectivity index (χ2n) is 17.3. The topological polar surface area (TPSA) is 153 Å². The molecule has 1 amide bonds. The Kier molecular flexibility index (Phi) is 12.7. The van der Waals surface area contributed by atoms with Gasteiger partial charge in [-0.15, -0.1) is 0 Å². The van der Waals surface area contributed by atoms with E-state index in [2.05, 4.69) is 45.1 Å². The van der Waals surface area contributed by atoms with Gasteiger partial charge in [0.2, 0.25) is 0 Å². The first kappa shape index (κ1) is 42.0. The number of carboxylic acid groups (broad SMARTS) is 1. The van der Waals surface area contributed by atoms with Crippen LogP contribution in [0.25, 0.3) is 21.3 Å². The van der Waals surface area contributed by atoms with Crippen LogP contribution in [0.4, 0.5) is 10.9 Å². The van der Waals surface area contributed by atoms with E-state index in [1.165, 1.54) is 11.3 Å². The van der Waals surface area contributed by atoms with Crippen LogP contribution in [0, 0.1) is 24.2 Å². The molecule has 2 atom stereocenters. The van der Waals surface area contributed by atoms with Gasteiger partial charge >= 0.3 is 5.97 Å². The van der Waals surface area contributed by atoms with Crippen LogP contribution >= 0.6 is 11.3 Å². The first-order valence-corrected chi connectivity index (χ1v) is 22.1. The van der Waals surface area contributed by atoms with Crippen molar-refractivity contribution in [2.45, 2.75) is 78.0 Å². The van der Waals surface area contributed by atoms with Crippen LogP contribution < -0.4 is 15.5 Å². The molecule has 13 nitrogen and oxygen atoms in total. The number of hydrogen-bond donors (Lipinski definition) is 3. The first-order chi connectivity index (χ1) is 29.0. The summed E-state index contributed by atoms with van der Waals surface area (Å²) in [4.78, 5) is 37.9. The van der Waals surface area contributed by atoms with Gasteiger partial charge in [-0.3, -0.25) is 14.8 Å². The van der Waals surface area contributed by atoms with Crippen LogP contribution in [0.2, 0.25) is 0 Å². The van der Waals surface area contributed by atoms with Crippen molar-refractivity contribution in [2.75, 3.05) is 63.4 Å². The standard InChI is InChI=1S/C46H57N7O6S/c1-30-22-45(23-31(2)25-46(24-30,28-45)59-21-20-58-19-18-57-17-15-47-4)29-53-32(3)36(26-48-53)34-12-13-40(50-41(34)43(55)56)52-16-14-33-8-7-9-35(37(33)27-52)42(54)51-44-49-38-10-5-6-11-39(38)60-44/h5-13,26,30-31,47H,14-25,27-29H2,1-4H3,(H,55,56)(H,49,51,54). The van der Waals surface area contributed by atoms with Gasteiger partial charge in [-0.05, 0) is 111 Å². The van der Waals surface area contributed by atoms with Gasteiger partial charge in [-0.2, -0.15) is 5.10 Å². The van der Waals surface area contributed by atoms with E-state index < -0.39 is 5.97 Å². The molecule has 3 N–H and O–H groups in total. The minimum absolute atomic E-state index is 0.0117. The molecule has 2 fully saturated rings. The van der Waals surface area contributed by atoms with Gasteiger partial charge in [0.05, 0.1) is 55.0 Å². The fraction of sp³-hybridized carbons (Fsp3) is 0.500. The highest BCUT2D eigenvalue weighted by atomic mass is 32.1. The van der Waals surface area contributed by atoms with Gasteiger partial charge in [0, 0.05) is 48.6 Å². The monoisotopic (exact) mass is 835 g/mol. The molecule has 2 bridgehead atoms. The van der Waals surface area contributed by atoms with E-state index in [0.29, 0.717) is 86.5 Å². The van der Waals surface area contributed by atoms with Crippen LogP contribution in [-0.2, 0) is 33.7 Å². The number of ether oxygens (including phenoxy) is 3. The second kappa shape index (κ2) is 18.1. The summed E-state index contributed by atoms with van der Waals surface area (Å²) in [7, 11) is 1.91. The zero-order valence-electron chi connectivity index (χ0n) is 35.2. The molecular formula is C46H57N7O6S. The predicted octanol–water partition coefficient (Wildman–Crippen LogP) is 7.62. The lowest BCUT2D eigenvalue weighted by Gasteiger charge is -2.56. The van der Waals surface area contributed by atoms with Crippen LogP contribution in [0.1, 0.15) is 83.6 Å². The van der Waals surface area contributed by atoms with Gasteiger partial charge in [0.25, 0.3) is 5.91 Å². The van der Waals surface area contributed by atoms with Crippen molar-refractivity contribution < 1.29 is 28.9 Å². The van der Waals surface area contributed by atoms with Crippen LogP contribution in [-0.4, -0.2) is 95.5 Å². The zero-order chi connectivity index (χ0) is 41.9. The number of hydrogen-bond acceptors (Lipinski definition) is 11. The van der Waals surface area contributed by atoms with Crippen molar-refractivity contribution in [3.05, 3.63) is 88.9 Å². The van der Waals surface area contributed by atoms with E-state index >= 15 is 0 Å². The molecular weight excluding hydrogens is 779 g/mol. The molecule has 0 spiro atoms. The largest absolute Gasteiger partial charge is 0.476 e. The quantitative estimate of drug-likeness (QED) is 0.0794. The molecule has 5 aromatic rings. The van der Waals surface area contributed by atoms with Crippen molar-refractivity contribution in [3.8, 4) is 11.1 Å². The lowest BCUT2D eigenvalue weighted by Crippen LogP contribution is -2.53. The number of thiazole rings is 1. The summed E-state index contributed by atoms with van der Waals surface area (Å²) in [6.07, 6.45) is 7.73. The fourth-order valence-electron chi connectivity index (χ4n) is 10.5. The lowest BCUT2D eigenvalue weighted by molar-refractivity contribution is -0.169. The highest BCUT2D eigenvalue weighted by Gasteiger charge is 2.53. The minimum atomic E-state index is -1.10. The third-order valence-electron chi connectivity index (χ3n) is 12.5. The maximum Gasteiger partial charge on any atom is 0.355 e. The molecule has 2 unspecified atom stereocenters. The number of rotatable bonds is 17. The Balaban J connectivity index is 0.962. The number of fused-ring (bicyclic) bond motifs is 4. The van der Waals surface area contributed by atoms with Gasteiger partial charge < -0.3 is 29.5 Å². The predicted molar refractivity (Wildman–Crippen MR) is 234 cm³/mol. The van der Waals surface area contributed by atoms with Crippen molar-refractivity contribution in [1.82, 2.24) is 25.1 Å². The molecule has 4 heterocycles. The molecule has 8 rings (SSSR count). The number of amides is 1. The number of pyridine rings is 1. The van der Waals surface area contributed by atoms with E-state index in [9.17, 15) is 14.7 Å². The number of carbonyl (C=O) groups excluding carboxylic acids is 1. The number of anilines is 2. The number of aromatic nitrogens is 4. The number of carboxylic acids is 1. The Morgan fingerprint density at radius 1 is 0.917 bits per heavy atom. The Bertz CT molecular complexity index is 2280. The van der Waals surface area contributed by atoms with Crippen molar-refractivity contribution >= 4 is 44.4 Å². The Hall–Kier alpha value is -4.73.